The van der Waals surface area contributed by atoms with Gasteiger partial charge in [0.1, 0.15) is 5.75 Å². The second-order valence-electron chi connectivity index (χ2n) is 4.24. The Morgan fingerprint density at radius 2 is 2.19 bits per heavy atom. The number of anilines is 1. The van der Waals surface area contributed by atoms with Gasteiger partial charge in [-0.1, -0.05) is 17.9 Å². The Kier molecular flexibility index (Phi) is 4.99. The van der Waals surface area contributed by atoms with E-state index >= 15 is 0 Å². The van der Waals surface area contributed by atoms with Gasteiger partial charge in [0, 0.05) is 18.8 Å². The van der Waals surface area contributed by atoms with E-state index in [1.807, 2.05) is 30.3 Å². The summed E-state index contributed by atoms with van der Waals surface area (Å²) in [5.74, 6) is 6.35. The van der Waals surface area contributed by atoms with Gasteiger partial charge in [0.15, 0.2) is 0 Å². The van der Waals surface area contributed by atoms with Crippen molar-refractivity contribution in [2.45, 2.75) is 0 Å². The Labute approximate surface area is 128 Å². The molecule has 2 aromatic rings. The molecular formula is C16H16N2O2S. The summed E-state index contributed by atoms with van der Waals surface area (Å²) in [6.45, 7) is 0.310. The fraction of sp³-hybridized carbons (Fsp3) is 0.188. The van der Waals surface area contributed by atoms with E-state index in [0.717, 1.165) is 10.6 Å². The number of carbonyl (C=O) groups excluding carboxylic acids is 1. The summed E-state index contributed by atoms with van der Waals surface area (Å²) in [6, 6.07) is 11.0. The second-order valence-corrected chi connectivity index (χ2v) is 5.32. The standard InChI is InChI=1S/C16H16N2O2S/c1-18(12-5-3-6-13(11-12)20-2)16(19)15-9-8-14(21-15)7-4-10-17/h3,5-6,8-9,11H,10,17H2,1-2H3. The van der Waals surface area contributed by atoms with Crippen molar-refractivity contribution in [1.29, 1.82) is 0 Å². The van der Waals surface area contributed by atoms with Gasteiger partial charge >= 0.3 is 0 Å². The van der Waals surface area contributed by atoms with Gasteiger partial charge < -0.3 is 15.4 Å². The average Bonchev–Trinajstić information content (AvgIpc) is 3.00. The summed E-state index contributed by atoms with van der Waals surface area (Å²) in [5.41, 5.74) is 6.12. The van der Waals surface area contributed by atoms with Crippen LogP contribution in [0.25, 0.3) is 0 Å². The van der Waals surface area contributed by atoms with Crippen LogP contribution in [0.2, 0.25) is 0 Å². The molecule has 2 rings (SSSR count). The van der Waals surface area contributed by atoms with E-state index < -0.39 is 0 Å². The van der Waals surface area contributed by atoms with Crippen LogP contribution in [0.1, 0.15) is 14.5 Å². The summed E-state index contributed by atoms with van der Waals surface area (Å²) in [7, 11) is 3.34. The highest BCUT2D eigenvalue weighted by Crippen LogP contribution is 2.23. The number of amides is 1. The van der Waals surface area contributed by atoms with Crippen molar-refractivity contribution in [2.24, 2.45) is 5.73 Å². The Balaban J connectivity index is 2.20. The minimum atomic E-state index is -0.0750. The van der Waals surface area contributed by atoms with E-state index in [1.54, 1.807) is 25.1 Å². The van der Waals surface area contributed by atoms with Crippen molar-refractivity contribution in [1.82, 2.24) is 0 Å². The van der Waals surface area contributed by atoms with Crippen LogP contribution >= 0.6 is 11.3 Å². The van der Waals surface area contributed by atoms with E-state index in [0.29, 0.717) is 17.2 Å². The van der Waals surface area contributed by atoms with Gasteiger partial charge in [0.2, 0.25) is 0 Å². The number of hydrogen-bond acceptors (Lipinski definition) is 4. The number of carbonyl (C=O) groups is 1. The van der Waals surface area contributed by atoms with Crippen LogP contribution in [0.15, 0.2) is 36.4 Å². The molecule has 2 N–H and O–H groups in total. The van der Waals surface area contributed by atoms with Gasteiger partial charge in [0.05, 0.1) is 23.4 Å². The van der Waals surface area contributed by atoms with Crippen molar-refractivity contribution in [2.75, 3.05) is 25.6 Å². The highest BCUT2D eigenvalue weighted by Gasteiger charge is 2.15. The molecule has 1 amide bonds. The largest absolute Gasteiger partial charge is 0.497 e. The Morgan fingerprint density at radius 1 is 1.38 bits per heavy atom. The first kappa shape index (κ1) is 15.1. The minimum absolute atomic E-state index is 0.0750. The van der Waals surface area contributed by atoms with Crippen molar-refractivity contribution in [3.8, 4) is 17.6 Å². The third-order valence-electron chi connectivity index (χ3n) is 2.88. The van der Waals surface area contributed by atoms with Crippen molar-refractivity contribution < 1.29 is 9.53 Å². The summed E-state index contributed by atoms with van der Waals surface area (Å²) in [4.78, 5) is 15.5. The first-order chi connectivity index (χ1) is 10.2. The third kappa shape index (κ3) is 3.63. The molecule has 0 saturated carbocycles. The Morgan fingerprint density at radius 3 is 2.90 bits per heavy atom. The smallest absolute Gasteiger partial charge is 0.268 e. The quantitative estimate of drug-likeness (QED) is 0.885. The molecule has 1 aromatic heterocycles. The van der Waals surface area contributed by atoms with Gasteiger partial charge in [-0.2, -0.15) is 0 Å². The van der Waals surface area contributed by atoms with E-state index in [-0.39, 0.29) is 5.91 Å². The first-order valence-electron chi connectivity index (χ1n) is 6.36. The number of hydrogen-bond donors (Lipinski definition) is 1. The number of methoxy groups -OCH3 is 1. The van der Waals surface area contributed by atoms with Crippen LogP contribution < -0.4 is 15.4 Å². The zero-order valence-electron chi connectivity index (χ0n) is 11.9. The fourth-order valence-electron chi connectivity index (χ4n) is 1.76. The zero-order chi connectivity index (χ0) is 15.2. The lowest BCUT2D eigenvalue weighted by Gasteiger charge is -2.17. The molecule has 1 heterocycles. The first-order valence-corrected chi connectivity index (χ1v) is 7.18. The maximum Gasteiger partial charge on any atom is 0.268 e. The molecule has 0 radical (unpaired) electrons. The average molecular weight is 300 g/mol. The van der Waals surface area contributed by atoms with Crippen LogP contribution in [0.5, 0.6) is 5.75 Å². The minimum Gasteiger partial charge on any atom is -0.497 e. The van der Waals surface area contributed by atoms with E-state index in [9.17, 15) is 4.79 Å². The predicted octanol–water partition coefficient (Wildman–Crippen LogP) is 2.34. The topological polar surface area (TPSA) is 55.6 Å². The second kappa shape index (κ2) is 6.93. The van der Waals surface area contributed by atoms with Crippen LogP contribution in [0, 0.1) is 11.8 Å². The molecule has 0 unspecified atom stereocenters. The van der Waals surface area contributed by atoms with E-state index in [1.165, 1.54) is 11.3 Å². The summed E-state index contributed by atoms with van der Waals surface area (Å²) >= 11 is 1.36. The fourth-order valence-corrected chi connectivity index (χ4v) is 2.62. The predicted molar refractivity (Wildman–Crippen MR) is 86.0 cm³/mol. The van der Waals surface area contributed by atoms with Crippen LogP contribution in [-0.2, 0) is 0 Å². The van der Waals surface area contributed by atoms with Crippen LogP contribution in [-0.4, -0.2) is 26.6 Å². The normalized spacial score (nSPS) is 9.67. The molecule has 0 aliphatic rings. The number of nitrogens with two attached hydrogens (primary N) is 1. The number of benzene rings is 1. The lowest BCUT2D eigenvalue weighted by molar-refractivity contribution is 0.0997. The van der Waals surface area contributed by atoms with Crippen molar-refractivity contribution >= 4 is 22.9 Å². The van der Waals surface area contributed by atoms with Gasteiger partial charge in [0.25, 0.3) is 5.91 Å². The highest BCUT2D eigenvalue weighted by molar-refractivity contribution is 7.14. The van der Waals surface area contributed by atoms with Gasteiger partial charge in [-0.25, -0.2) is 0 Å². The summed E-state index contributed by atoms with van der Waals surface area (Å²) in [5, 5.41) is 0. The summed E-state index contributed by atoms with van der Waals surface area (Å²) < 4.78 is 5.17. The molecule has 21 heavy (non-hydrogen) atoms. The molecule has 108 valence electrons. The molecule has 0 atom stereocenters. The molecule has 4 nitrogen and oxygen atoms in total. The molecule has 0 aliphatic heterocycles. The monoisotopic (exact) mass is 300 g/mol. The molecule has 0 fully saturated rings. The van der Waals surface area contributed by atoms with Gasteiger partial charge in [-0.3, -0.25) is 4.79 Å². The number of ether oxygens (including phenoxy) is 1. The van der Waals surface area contributed by atoms with Crippen molar-refractivity contribution in [3.05, 3.63) is 46.2 Å². The SMILES string of the molecule is COc1cccc(N(C)C(=O)c2ccc(C#CCN)s2)c1. The Hall–Kier alpha value is -2.29. The molecular weight excluding hydrogens is 284 g/mol. The number of rotatable bonds is 3. The maximum atomic E-state index is 12.5. The molecule has 0 bridgehead atoms. The summed E-state index contributed by atoms with van der Waals surface area (Å²) in [6.07, 6.45) is 0. The van der Waals surface area contributed by atoms with Crippen LogP contribution in [0.3, 0.4) is 0 Å². The lowest BCUT2D eigenvalue weighted by Crippen LogP contribution is -2.25. The lowest BCUT2D eigenvalue weighted by atomic mass is 10.2. The molecule has 1 aromatic carbocycles. The highest BCUT2D eigenvalue weighted by atomic mass is 32.1. The van der Waals surface area contributed by atoms with Gasteiger partial charge in [-0.15, -0.1) is 11.3 Å². The Bertz CT molecular complexity index is 698. The number of thiophene rings is 1. The molecule has 0 aliphatic carbocycles. The van der Waals surface area contributed by atoms with E-state index in [4.69, 9.17) is 10.5 Å². The molecule has 5 heteroatoms. The van der Waals surface area contributed by atoms with Gasteiger partial charge in [-0.05, 0) is 24.3 Å². The molecule has 0 saturated heterocycles. The van der Waals surface area contributed by atoms with Crippen molar-refractivity contribution in [3.63, 3.8) is 0 Å². The molecule has 0 spiro atoms. The zero-order valence-corrected chi connectivity index (χ0v) is 12.7. The third-order valence-corrected chi connectivity index (χ3v) is 3.86. The number of nitrogens with zero attached hydrogens (tertiary/aromatic N) is 1. The van der Waals surface area contributed by atoms with Crippen LogP contribution in [0.4, 0.5) is 5.69 Å². The maximum absolute atomic E-state index is 12.5. The van der Waals surface area contributed by atoms with E-state index in [2.05, 4.69) is 11.8 Å².